The van der Waals surface area contributed by atoms with E-state index in [0.717, 1.165) is 10.0 Å². The third kappa shape index (κ3) is 2.48. The molecule has 0 bridgehead atoms. The minimum absolute atomic E-state index is 0.000440. The van der Waals surface area contributed by atoms with Gasteiger partial charge < -0.3 is 0 Å². The molecule has 2 rings (SSSR count). The van der Waals surface area contributed by atoms with Crippen LogP contribution < -0.4 is 11.3 Å². The van der Waals surface area contributed by atoms with Crippen molar-refractivity contribution in [1.82, 2.24) is 5.43 Å². The van der Waals surface area contributed by atoms with E-state index in [-0.39, 0.29) is 6.04 Å². The lowest BCUT2D eigenvalue weighted by Gasteiger charge is -2.21. The summed E-state index contributed by atoms with van der Waals surface area (Å²) in [5.74, 6) is 5.75. The molecule has 0 aliphatic heterocycles. The number of rotatable bonds is 3. The number of aryl methyl sites for hydroxylation is 1. The Labute approximate surface area is 116 Å². The molecule has 1 atom stereocenters. The summed E-state index contributed by atoms with van der Waals surface area (Å²) in [5, 5.41) is 0. The smallest absolute Gasteiger partial charge is 0.0723 e. The molecule has 0 aliphatic carbocycles. The van der Waals surface area contributed by atoms with Gasteiger partial charge in [0.2, 0.25) is 0 Å². The third-order valence-electron chi connectivity index (χ3n) is 3.34. The van der Waals surface area contributed by atoms with Gasteiger partial charge in [-0.15, -0.1) is 0 Å². The second-order valence-corrected chi connectivity index (χ2v) is 5.26. The van der Waals surface area contributed by atoms with Crippen molar-refractivity contribution in [2.75, 3.05) is 0 Å². The SMILES string of the molecule is Cc1cccc(C(NN)c2ccccc2Br)c1C. The van der Waals surface area contributed by atoms with Crippen LogP contribution in [0.3, 0.4) is 0 Å². The van der Waals surface area contributed by atoms with E-state index in [1.54, 1.807) is 0 Å². The van der Waals surface area contributed by atoms with E-state index >= 15 is 0 Å². The summed E-state index contributed by atoms with van der Waals surface area (Å²) in [7, 11) is 0. The molecule has 94 valence electrons. The van der Waals surface area contributed by atoms with Gasteiger partial charge in [-0.1, -0.05) is 52.3 Å². The highest BCUT2D eigenvalue weighted by Crippen LogP contribution is 2.30. The van der Waals surface area contributed by atoms with E-state index in [1.165, 1.54) is 16.7 Å². The van der Waals surface area contributed by atoms with E-state index in [2.05, 4.69) is 59.5 Å². The van der Waals surface area contributed by atoms with Gasteiger partial charge in [-0.05, 0) is 42.2 Å². The molecule has 2 aromatic carbocycles. The monoisotopic (exact) mass is 304 g/mol. The Bertz CT molecular complexity index is 552. The Morgan fingerprint density at radius 2 is 1.67 bits per heavy atom. The fraction of sp³-hybridized carbons (Fsp3) is 0.200. The molecule has 0 radical (unpaired) electrons. The van der Waals surface area contributed by atoms with Crippen LogP contribution >= 0.6 is 15.9 Å². The van der Waals surface area contributed by atoms with Gasteiger partial charge in [0.15, 0.2) is 0 Å². The van der Waals surface area contributed by atoms with Crippen molar-refractivity contribution >= 4 is 15.9 Å². The van der Waals surface area contributed by atoms with Crippen molar-refractivity contribution in [2.24, 2.45) is 5.84 Å². The Balaban J connectivity index is 2.53. The molecule has 2 nitrogen and oxygen atoms in total. The van der Waals surface area contributed by atoms with Crippen molar-refractivity contribution in [3.63, 3.8) is 0 Å². The van der Waals surface area contributed by atoms with Crippen LogP contribution in [0, 0.1) is 13.8 Å². The summed E-state index contributed by atoms with van der Waals surface area (Å²) in [6, 6.07) is 14.4. The first-order chi connectivity index (χ1) is 8.65. The first kappa shape index (κ1) is 13.3. The molecular weight excluding hydrogens is 288 g/mol. The highest BCUT2D eigenvalue weighted by molar-refractivity contribution is 9.10. The van der Waals surface area contributed by atoms with Gasteiger partial charge in [-0.25, -0.2) is 5.43 Å². The summed E-state index contributed by atoms with van der Waals surface area (Å²) >= 11 is 3.58. The van der Waals surface area contributed by atoms with Crippen molar-refractivity contribution < 1.29 is 0 Å². The zero-order valence-electron chi connectivity index (χ0n) is 10.6. The molecule has 1 unspecified atom stereocenters. The third-order valence-corrected chi connectivity index (χ3v) is 4.06. The van der Waals surface area contributed by atoms with Crippen LogP contribution in [-0.2, 0) is 0 Å². The largest absolute Gasteiger partial charge is 0.271 e. The Kier molecular flexibility index (Phi) is 4.17. The van der Waals surface area contributed by atoms with Crippen LogP contribution in [0.1, 0.15) is 28.3 Å². The number of nitrogens with two attached hydrogens (primary N) is 1. The molecule has 0 saturated heterocycles. The Morgan fingerprint density at radius 1 is 1.00 bits per heavy atom. The molecular formula is C15H17BrN2. The molecule has 3 N–H and O–H groups in total. The van der Waals surface area contributed by atoms with Crippen LogP contribution in [0.15, 0.2) is 46.9 Å². The van der Waals surface area contributed by atoms with E-state index in [9.17, 15) is 0 Å². The topological polar surface area (TPSA) is 38.0 Å². The van der Waals surface area contributed by atoms with Crippen molar-refractivity contribution in [3.05, 3.63) is 69.2 Å². The lowest BCUT2D eigenvalue weighted by Crippen LogP contribution is -2.29. The minimum atomic E-state index is 0.000440. The first-order valence-electron chi connectivity index (χ1n) is 5.92. The van der Waals surface area contributed by atoms with Gasteiger partial charge in [-0.3, -0.25) is 5.84 Å². The molecule has 0 fully saturated rings. The lowest BCUT2D eigenvalue weighted by molar-refractivity contribution is 0.631. The molecule has 0 aliphatic rings. The number of benzene rings is 2. The van der Waals surface area contributed by atoms with Gasteiger partial charge in [0.1, 0.15) is 0 Å². The van der Waals surface area contributed by atoms with Crippen molar-refractivity contribution in [2.45, 2.75) is 19.9 Å². The zero-order valence-corrected chi connectivity index (χ0v) is 12.2. The average Bonchev–Trinajstić information content (AvgIpc) is 2.37. The van der Waals surface area contributed by atoms with Gasteiger partial charge in [0.05, 0.1) is 6.04 Å². The maximum atomic E-state index is 5.75. The minimum Gasteiger partial charge on any atom is -0.271 e. The van der Waals surface area contributed by atoms with Gasteiger partial charge in [-0.2, -0.15) is 0 Å². The molecule has 2 aromatic rings. The Morgan fingerprint density at radius 3 is 2.33 bits per heavy atom. The summed E-state index contributed by atoms with van der Waals surface area (Å²) in [6.07, 6.45) is 0. The van der Waals surface area contributed by atoms with Gasteiger partial charge in [0, 0.05) is 4.47 Å². The molecule has 0 heterocycles. The fourth-order valence-electron chi connectivity index (χ4n) is 2.14. The second kappa shape index (κ2) is 5.65. The molecule has 3 heteroatoms. The number of hydrogen-bond acceptors (Lipinski definition) is 2. The lowest BCUT2D eigenvalue weighted by atomic mass is 9.93. The van der Waals surface area contributed by atoms with Crippen LogP contribution in [0.4, 0.5) is 0 Å². The van der Waals surface area contributed by atoms with Crippen LogP contribution in [0.2, 0.25) is 0 Å². The quantitative estimate of drug-likeness (QED) is 0.671. The maximum absolute atomic E-state index is 5.75. The first-order valence-corrected chi connectivity index (χ1v) is 6.71. The van der Waals surface area contributed by atoms with E-state index < -0.39 is 0 Å². The summed E-state index contributed by atoms with van der Waals surface area (Å²) in [5.41, 5.74) is 7.82. The Hall–Kier alpha value is -1.16. The predicted octanol–water partition coefficient (Wildman–Crippen LogP) is 3.62. The molecule has 0 spiro atoms. The van der Waals surface area contributed by atoms with Crippen molar-refractivity contribution in [3.8, 4) is 0 Å². The number of hydrazine groups is 1. The van der Waals surface area contributed by atoms with E-state index in [4.69, 9.17) is 5.84 Å². The highest BCUT2D eigenvalue weighted by Gasteiger charge is 2.17. The van der Waals surface area contributed by atoms with E-state index in [1.807, 2.05) is 18.2 Å². The van der Waals surface area contributed by atoms with Gasteiger partial charge in [0.25, 0.3) is 0 Å². The highest BCUT2D eigenvalue weighted by atomic mass is 79.9. The second-order valence-electron chi connectivity index (χ2n) is 4.41. The van der Waals surface area contributed by atoms with Crippen molar-refractivity contribution in [1.29, 1.82) is 0 Å². The summed E-state index contributed by atoms with van der Waals surface area (Å²) in [6.45, 7) is 4.25. The fourth-order valence-corrected chi connectivity index (χ4v) is 2.66. The normalized spacial score (nSPS) is 12.4. The molecule has 18 heavy (non-hydrogen) atoms. The number of nitrogens with one attached hydrogen (secondary N) is 1. The number of hydrogen-bond donors (Lipinski definition) is 2. The average molecular weight is 305 g/mol. The predicted molar refractivity (Wildman–Crippen MR) is 79.2 cm³/mol. The van der Waals surface area contributed by atoms with Crippen LogP contribution in [0.5, 0.6) is 0 Å². The molecule has 0 amide bonds. The van der Waals surface area contributed by atoms with E-state index in [0.29, 0.717) is 0 Å². The number of halogens is 1. The molecule has 0 saturated carbocycles. The summed E-state index contributed by atoms with van der Waals surface area (Å²) < 4.78 is 1.06. The zero-order chi connectivity index (χ0) is 13.1. The standard InChI is InChI=1S/C15H17BrN2/c1-10-6-5-8-12(11(10)2)15(18-17)13-7-3-4-9-14(13)16/h3-9,15,18H,17H2,1-2H3. The molecule has 0 aromatic heterocycles. The van der Waals surface area contributed by atoms with Crippen LogP contribution in [0.25, 0.3) is 0 Å². The summed E-state index contributed by atoms with van der Waals surface area (Å²) in [4.78, 5) is 0. The van der Waals surface area contributed by atoms with Crippen LogP contribution in [-0.4, -0.2) is 0 Å². The van der Waals surface area contributed by atoms with Gasteiger partial charge >= 0.3 is 0 Å². The maximum Gasteiger partial charge on any atom is 0.0723 e.